The molecule has 160 valence electrons. The lowest BCUT2D eigenvalue weighted by Gasteiger charge is -2.42. The molecule has 2 atom stereocenters. The fourth-order valence-electron chi connectivity index (χ4n) is 4.54. The van der Waals surface area contributed by atoms with Gasteiger partial charge < -0.3 is 10.2 Å². The van der Waals surface area contributed by atoms with E-state index >= 15 is 0 Å². The Labute approximate surface area is 189 Å². The first kappa shape index (κ1) is 20.2. The molecule has 1 amide bonds. The zero-order valence-corrected chi connectivity index (χ0v) is 18.1. The molecular weight excluding hydrogens is 425 g/mol. The molecule has 2 N–H and O–H groups in total. The maximum Gasteiger partial charge on any atom is 0.236 e. The van der Waals surface area contributed by atoms with Crippen LogP contribution in [0.3, 0.4) is 0 Å². The van der Waals surface area contributed by atoms with Gasteiger partial charge in [-0.05, 0) is 54.1 Å². The van der Waals surface area contributed by atoms with Crippen molar-refractivity contribution < 1.29 is 9.18 Å². The normalized spacial score (nSPS) is 22.5. The number of nitriles is 1. The van der Waals surface area contributed by atoms with Crippen LogP contribution in [0, 0.1) is 28.5 Å². The molecule has 0 bridgehead atoms. The number of guanidine groups is 1. The highest BCUT2D eigenvalue weighted by Crippen LogP contribution is 2.46. The van der Waals surface area contributed by atoms with E-state index in [1.54, 1.807) is 36.6 Å². The van der Waals surface area contributed by atoms with E-state index in [4.69, 9.17) is 5.41 Å². The predicted octanol–water partition coefficient (Wildman–Crippen LogP) is 3.75. The van der Waals surface area contributed by atoms with Crippen LogP contribution in [0.25, 0.3) is 10.4 Å². The highest BCUT2D eigenvalue weighted by atomic mass is 32.1. The second kappa shape index (κ2) is 7.46. The maximum atomic E-state index is 13.5. The van der Waals surface area contributed by atoms with Gasteiger partial charge in [-0.2, -0.15) is 5.26 Å². The Bertz CT molecular complexity index is 1260. The number of nitrogens with zero attached hydrogens (tertiary/aromatic N) is 3. The fraction of sp³-hybridized carbons (Fsp3) is 0.208. The van der Waals surface area contributed by atoms with Crippen molar-refractivity contribution in [3.05, 3.63) is 76.9 Å². The lowest BCUT2D eigenvalue weighted by Crippen LogP contribution is -2.64. The minimum atomic E-state index is -0.759. The van der Waals surface area contributed by atoms with Crippen LogP contribution in [-0.2, 0) is 10.3 Å². The van der Waals surface area contributed by atoms with Crippen LogP contribution in [0.1, 0.15) is 10.4 Å². The Balaban J connectivity index is 1.57. The van der Waals surface area contributed by atoms with E-state index in [0.717, 1.165) is 21.0 Å². The minimum Gasteiger partial charge on any atom is -0.368 e. The Kier molecular flexibility index (Phi) is 4.72. The first-order valence-corrected chi connectivity index (χ1v) is 11.0. The standard InChI is InChI=1S/C24H20FN5OS/c1-29-22(31)19-13-30(18-7-5-17(25)6-8-18)14-24(19,28-23(29)27)21-10-9-20(32-21)16-4-2-3-15(11-16)12-26/h2-11,19H,13-14H2,1H3,(H2,27,28)/t19-,24-/m0/s1. The van der Waals surface area contributed by atoms with E-state index in [-0.39, 0.29) is 17.7 Å². The summed E-state index contributed by atoms with van der Waals surface area (Å²) >= 11 is 1.56. The number of carbonyl (C=O) groups excluding carboxylic acids is 1. The first-order valence-electron chi connectivity index (χ1n) is 10.2. The number of fused-ring (bicyclic) bond motifs is 1. The average Bonchev–Trinajstić information content (AvgIpc) is 3.45. The molecule has 2 aromatic carbocycles. The summed E-state index contributed by atoms with van der Waals surface area (Å²) < 4.78 is 13.5. The number of nitrogens with one attached hydrogen (secondary N) is 2. The summed E-state index contributed by atoms with van der Waals surface area (Å²) in [6.45, 7) is 0.940. The number of thiophene rings is 1. The molecule has 3 aromatic rings. The molecular formula is C24H20FN5OS. The van der Waals surface area contributed by atoms with Crippen molar-refractivity contribution in [3.63, 3.8) is 0 Å². The Morgan fingerprint density at radius 3 is 2.75 bits per heavy atom. The van der Waals surface area contributed by atoms with Gasteiger partial charge in [0.2, 0.25) is 5.91 Å². The van der Waals surface area contributed by atoms with Gasteiger partial charge in [0.15, 0.2) is 5.96 Å². The number of anilines is 1. The molecule has 3 heterocycles. The molecule has 2 aliphatic rings. The monoisotopic (exact) mass is 445 g/mol. The average molecular weight is 446 g/mol. The molecule has 8 heteroatoms. The van der Waals surface area contributed by atoms with Crippen molar-refractivity contribution >= 4 is 28.9 Å². The zero-order valence-electron chi connectivity index (χ0n) is 17.3. The van der Waals surface area contributed by atoms with E-state index in [1.165, 1.54) is 17.0 Å². The summed E-state index contributed by atoms with van der Waals surface area (Å²) in [5, 5.41) is 20.9. The molecule has 5 rings (SSSR count). The first-order chi connectivity index (χ1) is 15.4. The lowest BCUT2D eigenvalue weighted by molar-refractivity contribution is -0.133. The third-order valence-electron chi connectivity index (χ3n) is 6.26. The molecule has 6 nitrogen and oxygen atoms in total. The highest BCUT2D eigenvalue weighted by molar-refractivity contribution is 7.15. The minimum absolute atomic E-state index is 0.0635. The Hall–Kier alpha value is -3.70. The number of amides is 1. The van der Waals surface area contributed by atoms with Gasteiger partial charge >= 0.3 is 0 Å². The quantitative estimate of drug-likeness (QED) is 0.643. The van der Waals surface area contributed by atoms with Gasteiger partial charge in [-0.1, -0.05) is 12.1 Å². The second-order valence-corrected chi connectivity index (χ2v) is 9.19. The molecule has 2 fully saturated rings. The molecule has 0 radical (unpaired) electrons. The van der Waals surface area contributed by atoms with Crippen LogP contribution in [0.5, 0.6) is 0 Å². The van der Waals surface area contributed by atoms with E-state index in [9.17, 15) is 14.4 Å². The predicted molar refractivity (Wildman–Crippen MR) is 122 cm³/mol. The number of benzene rings is 2. The number of carbonyl (C=O) groups is 1. The number of hydrogen-bond donors (Lipinski definition) is 2. The van der Waals surface area contributed by atoms with Crippen molar-refractivity contribution in [2.75, 3.05) is 25.0 Å². The van der Waals surface area contributed by atoms with E-state index < -0.39 is 11.5 Å². The van der Waals surface area contributed by atoms with Crippen molar-refractivity contribution in [3.8, 4) is 16.5 Å². The molecule has 2 saturated heterocycles. The maximum absolute atomic E-state index is 13.5. The van der Waals surface area contributed by atoms with Gasteiger partial charge in [-0.3, -0.25) is 15.1 Å². The number of halogens is 1. The molecule has 0 unspecified atom stereocenters. The SMILES string of the molecule is CN1C(=N)N[C@@]2(c3ccc(-c4cccc(C#N)c4)s3)CN(c3ccc(F)cc3)C[C@H]2C1=O. The molecule has 2 aliphatic heterocycles. The molecule has 0 spiro atoms. The Morgan fingerprint density at radius 2 is 2.00 bits per heavy atom. The van der Waals surface area contributed by atoms with Crippen LogP contribution in [0.4, 0.5) is 10.1 Å². The van der Waals surface area contributed by atoms with E-state index in [2.05, 4.69) is 16.3 Å². The van der Waals surface area contributed by atoms with Crippen molar-refractivity contribution in [2.45, 2.75) is 5.54 Å². The van der Waals surface area contributed by atoms with Crippen LogP contribution in [0.15, 0.2) is 60.7 Å². The summed E-state index contributed by atoms with van der Waals surface area (Å²) in [6, 6.07) is 19.9. The largest absolute Gasteiger partial charge is 0.368 e. The van der Waals surface area contributed by atoms with E-state index in [1.807, 2.05) is 30.3 Å². The molecule has 0 aliphatic carbocycles. The van der Waals surface area contributed by atoms with Crippen LogP contribution in [-0.4, -0.2) is 36.9 Å². The van der Waals surface area contributed by atoms with Crippen LogP contribution < -0.4 is 10.2 Å². The van der Waals surface area contributed by atoms with Crippen molar-refractivity contribution in [2.24, 2.45) is 5.92 Å². The van der Waals surface area contributed by atoms with Crippen molar-refractivity contribution in [1.29, 1.82) is 10.7 Å². The van der Waals surface area contributed by atoms with Gasteiger partial charge in [-0.15, -0.1) is 11.3 Å². The van der Waals surface area contributed by atoms with E-state index in [0.29, 0.717) is 18.7 Å². The van der Waals surface area contributed by atoms with Gasteiger partial charge in [0.25, 0.3) is 0 Å². The second-order valence-electron chi connectivity index (χ2n) is 8.11. The highest BCUT2D eigenvalue weighted by Gasteiger charge is 2.57. The Morgan fingerprint density at radius 1 is 1.22 bits per heavy atom. The van der Waals surface area contributed by atoms with Gasteiger partial charge in [0, 0.05) is 35.6 Å². The molecule has 32 heavy (non-hydrogen) atoms. The topological polar surface area (TPSA) is 83.2 Å². The smallest absolute Gasteiger partial charge is 0.236 e. The summed E-state index contributed by atoms with van der Waals surface area (Å²) in [6.07, 6.45) is 0. The molecule has 1 aromatic heterocycles. The number of hydrogen-bond acceptors (Lipinski definition) is 5. The summed E-state index contributed by atoms with van der Waals surface area (Å²) in [5.74, 6) is -0.754. The number of rotatable bonds is 3. The van der Waals surface area contributed by atoms with Gasteiger partial charge in [0.05, 0.1) is 17.6 Å². The van der Waals surface area contributed by atoms with Crippen LogP contribution >= 0.6 is 11.3 Å². The summed E-state index contributed by atoms with van der Waals surface area (Å²) in [7, 11) is 1.61. The summed E-state index contributed by atoms with van der Waals surface area (Å²) in [5.41, 5.74) is 1.61. The molecule has 0 saturated carbocycles. The van der Waals surface area contributed by atoms with Crippen LogP contribution in [0.2, 0.25) is 0 Å². The third kappa shape index (κ3) is 3.13. The zero-order chi connectivity index (χ0) is 22.5. The third-order valence-corrected chi connectivity index (χ3v) is 7.57. The lowest BCUT2D eigenvalue weighted by atomic mass is 9.83. The van der Waals surface area contributed by atoms with Gasteiger partial charge in [0.1, 0.15) is 11.4 Å². The van der Waals surface area contributed by atoms with Gasteiger partial charge in [-0.25, -0.2) is 4.39 Å². The summed E-state index contributed by atoms with van der Waals surface area (Å²) in [4.78, 5) is 18.6. The fourth-order valence-corrected chi connectivity index (χ4v) is 5.74. The van der Waals surface area contributed by atoms with Crippen molar-refractivity contribution in [1.82, 2.24) is 10.2 Å².